The van der Waals surface area contributed by atoms with Crippen LogP contribution in [0.2, 0.25) is 0 Å². The SMILES string of the molecule is COc1cc([C@@H]2Nc3c(C)ccc(C(=O)O)c3[C@@H]3C=CC[C@H]32)cc(Br)c1OCc1ccccc1. The van der Waals surface area contributed by atoms with Crippen LogP contribution >= 0.6 is 15.9 Å². The summed E-state index contributed by atoms with van der Waals surface area (Å²) in [7, 11) is 1.65. The van der Waals surface area contributed by atoms with E-state index in [0.717, 1.165) is 38.8 Å². The monoisotopic (exact) mass is 519 g/mol. The van der Waals surface area contributed by atoms with Gasteiger partial charge in [0.05, 0.1) is 23.2 Å². The summed E-state index contributed by atoms with van der Waals surface area (Å²) in [4.78, 5) is 12.0. The van der Waals surface area contributed by atoms with Crippen molar-refractivity contribution < 1.29 is 19.4 Å². The summed E-state index contributed by atoms with van der Waals surface area (Å²) in [6.07, 6.45) is 5.20. The van der Waals surface area contributed by atoms with Crippen LogP contribution in [-0.2, 0) is 6.61 Å². The highest BCUT2D eigenvalue weighted by Crippen LogP contribution is 2.53. The summed E-state index contributed by atoms with van der Waals surface area (Å²) < 4.78 is 12.7. The molecule has 174 valence electrons. The molecule has 1 aliphatic carbocycles. The number of nitrogens with one attached hydrogen (secondary N) is 1. The van der Waals surface area contributed by atoms with Crippen LogP contribution in [0.4, 0.5) is 5.69 Å². The number of aryl methyl sites for hydroxylation is 1. The first-order chi connectivity index (χ1) is 16.5. The van der Waals surface area contributed by atoms with E-state index in [4.69, 9.17) is 9.47 Å². The minimum Gasteiger partial charge on any atom is -0.493 e. The van der Waals surface area contributed by atoms with Gasteiger partial charge in [0.1, 0.15) is 6.61 Å². The van der Waals surface area contributed by atoms with Crippen molar-refractivity contribution in [2.45, 2.75) is 31.9 Å². The van der Waals surface area contributed by atoms with Gasteiger partial charge in [-0.05, 0) is 75.6 Å². The highest BCUT2D eigenvalue weighted by atomic mass is 79.9. The zero-order valence-electron chi connectivity index (χ0n) is 19.0. The molecule has 5 nitrogen and oxygen atoms in total. The van der Waals surface area contributed by atoms with E-state index in [1.165, 1.54) is 0 Å². The average Bonchev–Trinajstić information content (AvgIpc) is 3.33. The Bertz CT molecular complexity index is 1270. The number of benzene rings is 3. The van der Waals surface area contributed by atoms with Crippen LogP contribution in [0.25, 0.3) is 0 Å². The second-order valence-electron chi connectivity index (χ2n) is 8.81. The maximum atomic E-state index is 12.0. The molecule has 1 aliphatic heterocycles. The smallest absolute Gasteiger partial charge is 0.336 e. The van der Waals surface area contributed by atoms with Gasteiger partial charge in [-0.2, -0.15) is 0 Å². The highest BCUT2D eigenvalue weighted by Gasteiger charge is 2.41. The molecule has 5 rings (SSSR count). The van der Waals surface area contributed by atoms with E-state index in [-0.39, 0.29) is 17.9 Å². The minimum atomic E-state index is -0.889. The second kappa shape index (κ2) is 9.18. The van der Waals surface area contributed by atoms with E-state index in [0.29, 0.717) is 23.7 Å². The zero-order valence-corrected chi connectivity index (χ0v) is 20.6. The van der Waals surface area contributed by atoms with Crippen LogP contribution < -0.4 is 14.8 Å². The predicted molar refractivity (Wildman–Crippen MR) is 136 cm³/mol. The van der Waals surface area contributed by atoms with Crippen LogP contribution in [0.15, 0.2) is 71.2 Å². The zero-order chi connectivity index (χ0) is 23.8. The Kier molecular flexibility index (Phi) is 6.09. The fraction of sp³-hybridized carbons (Fsp3) is 0.250. The minimum absolute atomic E-state index is 0.00335. The standard InChI is InChI=1S/C28H26BrNO4/c1-16-11-12-21(28(31)32)24-19-9-6-10-20(19)26(30-25(16)24)18-13-22(29)27(23(14-18)33-2)34-15-17-7-4-3-5-8-17/h3-9,11-14,19-20,26,30H,10,15H2,1-2H3,(H,31,32)/t19-,20-,26+/m1/s1. The largest absolute Gasteiger partial charge is 0.493 e. The van der Waals surface area contributed by atoms with Gasteiger partial charge in [0.15, 0.2) is 11.5 Å². The third-order valence-electron chi connectivity index (χ3n) is 6.80. The van der Waals surface area contributed by atoms with E-state index in [9.17, 15) is 9.90 Å². The van der Waals surface area contributed by atoms with Crippen molar-refractivity contribution in [3.63, 3.8) is 0 Å². The molecule has 2 aliphatic rings. The highest BCUT2D eigenvalue weighted by molar-refractivity contribution is 9.10. The van der Waals surface area contributed by atoms with E-state index >= 15 is 0 Å². The number of carbonyl (C=O) groups is 1. The molecule has 0 saturated heterocycles. The van der Waals surface area contributed by atoms with Gasteiger partial charge < -0.3 is 19.9 Å². The number of methoxy groups -OCH3 is 1. The molecule has 0 unspecified atom stereocenters. The Labute approximate surface area is 207 Å². The van der Waals surface area contributed by atoms with Crippen molar-refractivity contribution in [2.75, 3.05) is 12.4 Å². The van der Waals surface area contributed by atoms with Gasteiger partial charge in [0, 0.05) is 11.6 Å². The molecule has 0 aromatic heterocycles. The molecular formula is C28H26BrNO4. The fourth-order valence-electron chi connectivity index (χ4n) is 5.16. The van der Waals surface area contributed by atoms with Crippen molar-refractivity contribution in [3.05, 3.63) is 99.0 Å². The maximum Gasteiger partial charge on any atom is 0.336 e. The quantitative estimate of drug-likeness (QED) is 0.347. The summed E-state index contributed by atoms with van der Waals surface area (Å²) in [6, 6.07) is 17.7. The molecule has 0 fully saturated rings. The summed E-state index contributed by atoms with van der Waals surface area (Å²) >= 11 is 3.70. The lowest BCUT2D eigenvalue weighted by atomic mass is 9.74. The Morgan fingerprint density at radius 2 is 1.97 bits per heavy atom. The number of allylic oxidation sites excluding steroid dienone is 2. The van der Waals surface area contributed by atoms with E-state index in [1.807, 2.05) is 49.4 Å². The van der Waals surface area contributed by atoms with Crippen LogP contribution in [0.5, 0.6) is 11.5 Å². The molecule has 0 radical (unpaired) electrons. The number of ether oxygens (including phenoxy) is 2. The number of carboxylic acid groups (broad SMARTS) is 1. The van der Waals surface area contributed by atoms with Gasteiger partial charge in [-0.15, -0.1) is 0 Å². The van der Waals surface area contributed by atoms with Crippen LogP contribution in [0, 0.1) is 12.8 Å². The number of fused-ring (bicyclic) bond motifs is 3. The summed E-state index contributed by atoms with van der Waals surface area (Å²) in [5.41, 5.74) is 5.36. The topological polar surface area (TPSA) is 67.8 Å². The number of rotatable bonds is 6. The molecule has 2 N–H and O–H groups in total. The second-order valence-corrected chi connectivity index (χ2v) is 9.66. The molecular weight excluding hydrogens is 494 g/mol. The van der Waals surface area contributed by atoms with Gasteiger partial charge in [-0.3, -0.25) is 0 Å². The lowest BCUT2D eigenvalue weighted by Crippen LogP contribution is -2.31. The van der Waals surface area contributed by atoms with Crippen molar-refractivity contribution >= 4 is 27.6 Å². The average molecular weight is 520 g/mol. The lowest BCUT2D eigenvalue weighted by Gasteiger charge is -2.39. The Morgan fingerprint density at radius 3 is 2.71 bits per heavy atom. The molecule has 0 amide bonds. The number of anilines is 1. The Morgan fingerprint density at radius 1 is 1.18 bits per heavy atom. The van der Waals surface area contributed by atoms with Crippen LogP contribution in [0.3, 0.4) is 0 Å². The maximum absolute atomic E-state index is 12.0. The normalized spacial score (nSPS) is 20.3. The van der Waals surface area contributed by atoms with Crippen LogP contribution in [-0.4, -0.2) is 18.2 Å². The number of carboxylic acids is 1. The lowest BCUT2D eigenvalue weighted by molar-refractivity contribution is 0.0695. The molecule has 0 spiro atoms. The molecule has 3 aromatic carbocycles. The Balaban J connectivity index is 1.51. The predicted octanol–water partition coefficient (Wildman–Crippen LogP) is 6.87. The van der Waals surface area contributed by atoms with Crippen molar-refractivity contribution in [3.8, 4) is 11.5 Å². The van der Waals surface area contributed by atoms with Gasteiger partial charge in [0.2, 0.25) is 0 Å². The first kappa shape index (κ1) is 22.5. The molecule has 34 heavy (non-hydrogen) atoms. The first-order valence-corrected chi connectivity index (χ1v) is 12.1. The van der Waals surface area contributed by atoms with Crippen molar-refractivity contribution in [1.82, 2.24) is 0 Å². The molecule has 0 saturated carbocycles. The Hall–Kier alpha value is -3.25. The summed E-state index contributed by atoms with van der Waals surface area (Å²) in [5.74, 6) is 0.689. The summed E-state index contributed by atoms with van der Waals surface area (Å²) in [6.45, 7) is 2.46. The number of hydrogen-bond donors (Lipinski definition) is 2. The summed E-state index contributed by atoms with van der Waals surface area (Å²) in [5, 5.41) is 13.5. The third kappa shape index (κ3) is 3.96. The number of hydrogen-bond acceptors (Lipinski definition) is 4. The van der Waals surface area contributed by atoms with Crippen molar-refractivity contribution in [2.24, 2.45) is 5.92 Å². The third-order valence-corrected chi connectivity index (χ3v) is 7.38. The van der Waals surface area contributed by atoms with E-state index < -0.39 is 5.97 Å². The van der Waals surface area contributed by atoms with Gasteiger partial charge in [-0.25, -0.2) is 4.79 Å². The molecule has 3 atom stereocenters. The molecule has 6 heteroatoms. The van der Waals surface area contributed by atoms with E-state index in [2.05, 4.69) is 39.5 Å². The van der Waals surface area contributed by atoms with E-state index in [1.54, 1.807) is 13.2 Å². The molecule has 3 aromatic rings. The van der Waals surface area contributed by atoms with Crippen LogP contribution in [0.1, 0.15) is 51.0 Å². The fourth-order valence-corrected chi connectivity index (χ4v) is 5.73. The van der Waals surface area contributed by atoms with Gasteiger partial charge in [-0.1, -0.05) is 48.6 Å². The number of aromatic carboxylic acids is 1. The molecule has 0 bridgehead atoms. The molecule has 1 heterocycles. The number of halogens is 1. The van der Waals surface area contributed by atoms with Gasteiger partial charge in [0.25, 0.3) is 0 Å². The van der Waals surface area contributed by atoms with Gasteiger partial charge >= 0.3 is 5.97 Å². The first-order valence-electron chi connectivity index (χ1n) is 11.3. The van der Waals surface area contributed by atoms with Crippen molar-refractivity contribution in [1.29, 1.82) is 0 Å².